The monoisotopic (exact) mass is 495 g/mol. The van der Waals surface area contributed by atoms with Crippen LogP contribution in [0.15, 0.2) is 71.8 Å². The molecule has 0 atom stereocenters. The summed E-state index contributed by atoms with van der Waals surface area (Å²) in [5.74, 6) is 0.150. The number of nitrogens with one attached hydrogen (secondary N) is 2. The van der Waals surface area contributed by atoms with Gasteiger partial charge in [0.05, 0.1) is 19.9 Å². The molecule has 0 aliphatic carbocycles. The number of hydrogen-bond acceptors (Lipinski definition) is 6. The second-order valence-corrected chi connectivity index (χ2v) is 7.72. The van der Waals surface area contributed by atoms with Crippen LogP contribution in [-0.4, -0.2) is 31.7 Å². The van der Waals surface area contributed by atoms with E-state index in [2.05, 4.69) is 15.8 Å². The van der Waals surface area contributed by atoms with Crippen molar-refractivity contribution in [1.29, 1.82) is 0 Å². The molecule has 0 aromatic heterocycles. The van der Waals surface area contributed by atoms with E-state index in [1.54, 1.807) is 61.7 Å². The standard InChI is InChI=1S/C26H26ClN3O5/c1-3-34-24-14-20(8-13-23(24)35-17-19-4-9-21(27)10-5-19)16-29-30-26(32)25(31)28-15-18-6-11-22(33-2)12-7-18/h4-14,16H,3,15,17H2,1-2H3,(H,28,31)(H,30,32)/b29-16-. The van der Waals surface area contributed by atoms with Crippen LogP contribution in [0, 0.1) is 0 Å². The van der Waals surface area contributed by atoms with Crippen molar-refractivity contribution in [3.8, 4) is 17.2 Å². The predicted octanol–water partition coefficient (Wildman–Crippen LogP) is 4.09. The van der Waals surface area contributed by atoms with Gasteiger partial charge in [-0.1, -0.05) is 35.9 Å². The van der Waals surface area contributed by atoms with Crippen molar-refractivity contribution < 1.29 is 23.8 Å². The lowest BCUT2D eigenvalue weighted by Crippen LogP contribution is -2.37. The average molecular weight is 496 g/mol. The van der Waals surface area contributed by atoms with Gasteiger partial charge in [-0.2, -0.15) is 5.10 Å². The number of benzene rings is 3. The molecule has 0 saturated heterocycles. The van der Waals surface area contributed by atoms with E-state index in [-0.39, 0.29) is 6.54 Å². The molecule has 0 bridgehead atoms. The Balaban J connectivity index is 1.52. The van der Waals surface area contributed by atoms with Gasteiger partial charge in [0.1, 0.15) is 12.4 Å². The highest BCUT2D eigenvalue weighted by atomic mass is 35.5. The lowest BCUT2D eigenvalue weighted by atomic mass is 10.2. The van der Waals surface area contributed by atoms with Crippen molar-refractivity contribution in [2.24, 2.45) is 5.10 Å². The molecule has 0 saturated carbocycles. The molecule has 2 amide bonds. The molecule has 3 aromatic carbocycles. The van der Waals surface area contributed by atoms with Crippen molar-refractivity contribution in [3.05, 3.63) is 88.4 Å². The molecular formula is C26H26ClN3O5. The van der Waals surface area contributed by atoms with Crippen LogP contribution in [-0.2, 0) is 22.7 Å². The molecule has 0 heterocycles. The summed E-state index contributed by atoms with van der Waals surface area (Å²) >= 11 is 5.92. The van der Waals surface area contributed by atoms with Gasteiger partial charge < -0.3 is 19.5 Å². The highest BCUT2D eigenvalue weighted by Crippen LogP contribution is 2.29. The van der Waals surface area contributed by atoms with E-state index in [4.69, 9.17) is 25.8 Å². The molecule has 0 radical (unpaired) electrons. The summed E-state index contributed by atoms with van der Waals surface area (Å²) in [6, 6.07) is 19.8. The fourth-order valence-corrected chi connectivity index (χ4v) is 3.08. The maximum Gasteiger partial charge on any atom is 0.329 e. The minimum Gasteiger partial charge on any atom is -0.497 e. The maximum absolute atomic E-state index is 12.0. The van der Waals surface area contributed by atoms with Gasteiger partial charge in [-0.3, -0.25) is 9.59 Å². The molecule has 0 fully saturated rings. The molecule has 0 aliphatic heterocycles. The molecule has 3 rings (SSSR count). The summed E-state index contributed by atoms with van der Waals surface area (Å²) in [5, 5.41) is 7.06. The fourth-order valence-electron chi connectivity index (χ4n) is 2.96. The number of hydrazone groups is 1. The van der Waals surface area contributed by atoms with Crippen LogP contribution in [0.3, 0.4) is 0 Å². The Morgan fingerprint density at radius 2 is 1.63 bits per heavy atom. The number of amides is 2. The zero-order valence-electron chi connectivity index (χ0n) is 19.4. The summed E-state index contributed by atoms with van der Waals surface area (Å²) in [6.45, 7) is 2.87. The normalized spacial score (nSPS) is 10.6. The summed E-state index contributed by atoms with van der Waals surface area (Å²) in [5.41, 5.74) is 4.68. The van der Waals surface area contributed by atoms with Gasteiger partial charge in [-0.25, -0.2) is 5.43 Å². The second kappa shape index (κ2) is 13.0. The van der Waals surface area contributed by atoms with Crippen LogP contribution >= 0.6 is 11.6 Å². The summed E-state index contributed by atoms with van der Waals surface area (Å²) < 4.78 is 16.6. The Bertz CT molecular complexity index is 1160. The molecule has 0 unspecified atom stereocenters. The number of rotatable bonds is 10. The quantitative estimate of drug-likeness (QED) is 0.251. The molecule has 182 valence electrons. The van der Waals surface area contributed by atoms with Crippen molar-refractivity contribution >= 4 is 29.6 Å². The van der Waals surface area contributed by atoms with E-state index in [0.717, 1.165) is 11.1 Å². The van der Waals surface area contributed by atoms with E-state index in [9.17, 15) is 9.59 Å². The number of carbonyl (C=O) groups excluding carboxylic acids is 2. The van der Waals surface area contributed by atoms with Gasteiger partial charge in [0, 0.05) is 11.6 Å². The van der Waals surface area contributed by atoms with Gasteiger partial charge in [-0.05, 0) is 66.1 Å². The highest BCUT2D eigenvalue weighted by molar-refractivity contribution is 6.35. The topological polar surface area (TPSA) is 98.2 Å². The van der Waals surface area contributed by atoms with Crippen molar-refractivity contribution in [3.63, 3.8) is 0 Å². The van der Waals surface area contributed by atoms with E-state index >= 15 is 0 Å². The van der Waals surface area contributed by atoms with Crippen molar-refractivity contribution in [1.82, 2.24) is 10.7 Å². The first-order chi connectivity index (χ1) is 17.0. The van der Waals surface area contributed by atoms with Crippen LogP contribution < -0.4 is 25.0 Å². The fraction of sp³-hybridized carbons (Fsp3) is 0.192. The van der Waals surface area contributed by atoms with Crippen molar-refractivity contribution in [2.75, 3.05) is 13.7 Å². The molecule has 8 nitrogen and oxygen atoms in total. The predicted molar refractivity (Wildman–Crippen MR) is 134 cm³/mol. The zero-order chi connectivity index (χ0) is 25.0. The Kier molecular flexibility index (Phi) is 9.50. The maximum atomic E-state index is 12.0. The van der Waals surface area contributed by atoms with Crippen molar-refractivity contribution in [2.45, 2.75) is 20.1 Å². The van der Waals surface area contributed by atoms with Gasteiger partial charge in [0.2, 0.25) is 0 Å². The van der Waals surface area contributed by atoms with Gasteiger partial charge in [0.25, 0.3) is 0 Å². The van der Waals surface area contributed by atoms with E-state index in [1.165, 1.54) is 6.21 Å². The Labute approximate surface area is 208 Å². The minimum absolute atomic E-state index is 0.204. The first kappa shape index (κ1) is 25.6. The summed E-state index contributed by atoms with van der Waals surface area (Å²) in [6.07, 6.45) is 1.42. The molecule has 0 spiro atoms. The third-order valence-electron chi connectivity index (χ3n) is 4.77. The Morgan fingerprint density at radius 3 is 2.31 bits per heavy atom. The van der Waals surface area contributed by atoms with Gasteiger partial charge in [0.15, 0.2) is 11.5 Å². The van der Waals surface area contributed by atoms with Crippen LogP contribution in [0.4, 0.5) is 0 Å². The smallest absolute Gasteiger partial charge is 0.329 e. The van der Waals surface area contributed by atoms with Crippen LogP contribution in [0.5, 0.6) is 17.2 Å². The number of hydrogen-bond donors (Lipinski definition) is 2. The molecule has 2 N–H and O–H groups in total. The lowest BCUT2D eigenvalue weighted by Gasteiger charge is -2.12. The zero-order valence-corrected chi connectivity index (χ0v) is 20.2. The molecule has 3 aromatic rings. The number of carbonyl (C=O) groups is 2. The number of methoxy groups -OCH3 is 1. The summed E-state index contributed by atoms with van der Waals surface area (Å²) in [7, 11) is 1.57. The molecular weight excluding hydrogens is 470 g/mol. The Morgan fingerprint density at radius 1 is 0.914 bits per heavy atom. The second-order valence-electron chi connectivity index (χ2n) is 7.28. The molecule has 9 heteroatoms. The highest BCUT2D eigenvalue weighted by Gasteiger charge is 2.12. The van der Waals surface area contributed by atoms with E-state index in [1.807, 2.05) is 19.1 Å². The van der Waals surface area contributed by atoms with Crippen LogP contribution in [0.1, 0.15) is 23.6 Å². The van der Waals surface area contributed by atoms with Gasteiger partial charge >= 0.3 is 11.8 Å². The van der Waals surface area contributed by atoms with E-state index in [0.29, 0.717) is 41.0 Å². The molecule has 0 aliphatic rings. The number of halogens is 1. The van der Waals surface area contributed by atoms with Crippen LogP contribution in [0.25, 0.3) is 0 Å². The number of ether oxygens (including phenoxy) is 3. The first-order valence-electron chi connectivity index (χ1n) is 10.9. The lowest BCUT2D eigenvalue weighted by molar-refractivity contribution is -0.139. The van der Waals surface area contributed by atoms with Gasteiger partial charge in [-0.15, -0.1) is 0 Å². The molecule has 35 heavy (non-hydrogen) atoms. The first-order valence-corrected chi connectivity index (χ1v) is 11.2. The largest absolute Gasteiger partial charge is 0.497 e. The summed E-state index contributed by atoms with van der Waals surface area (Å²) in [4.78, 5) is 24.0. The average Bonchev–Trinajstić information content (AvgIpc) is 2.88. The minimum atomic E-state index is -0.872. The Hall–Kier alpha value is -4.04. The number of nitrogens with zero attached hydrogens (tertiary/aromatic N) is 1. The SMILES string of the molecule is CCOc1cc(/C=N\NC(=O)C(=O)NCc2ccc(OC)cc2)ccc1OCc1ccc(Cl)cc1. The van der Waals surface area contributed by atoms with Crippen LogP contribution in [0.2, 0.25) is 5.02 Å². The third-order valence-corrected chi connectivity index (χ3v) is 5.03. The third kappa shape index (κ3) is 8.04. The van der Waals surface area contributed by atoms with E-state index < -0.39 is 11.8 Å².